The van der Waals surface area contributed by atoms with Gasteiger partial charge in [0.1, 0.15) is 13.2 Å². The smallest absolute Gasteiger partial charge is 0.306 e. The van der Waals surface area contributed by atoms with Crippen molar-refractivity contribution in [2.45, 2.75) is 200 Å². The Bertz CT molecular complexity index is 897. The van der Waals surface area contributed by atoms with Gasteiger partial charge in [-0.1, -0.05) is 141 Å². The molecule has 9 nitrogen and oxygen atoms in total. The molecular weight excluding hydrogens is 665 g/mol. The average Bonchev–Trinajstić information content (AvgIpc) is 3.11. The van der Waals surface area contributed by atoms with Crippen molar-refractivity contribution >= 4 is 19.8 Å². The summed E-state index contributed by atoms with van der Waals surface area (Å²) in [5, 5.41) is 0. The molecule has 0 aromatic carbocycles. The van der Waals surface area contributed by atoms with Gasteiger partial charge in [0.05, 0.1) is 13.2 Å². The van der Waals surface area contributed by atoms with Crippen LogP contribution < -0.4 is 10.6 Å². The molecule has 0 aliphatic heterocycles. The average molecular weight is 744 g/mol. The molecule has 0 amide bonds. The minimum absolute atomic E-state index is 0.106. The number of hydrogen-bond acceptors (Lipinski definition) is 8. The van der Waals surface area contributed by atoms with Crippen LogP contribution in [0.3, 0.4) is 0 Å². The molecule has 0 saturated carbocycles. The standard InChI is InChI=1S/C41H78NO8P/c1-3-5-7-9-11-13-15-17-19-21-23-25-27-29-31-33-40(43)47-37-39(38-49-51(45,46)48-36-35-42)50-41(44)34-32-30-28-26-24-22-20-18-16-14-12-10-8-6-4-2/h17-20,39H,3-16,21-38,42H2,1-2H3,(H,45,46)/b19-17+,20-18+. The fraction of sp³-hybridized carbons (Fsp3) is 0.854. The van der Waals surface area contributed by atoms with E-state index in [-0.39, 0.29) is 32.6 Å². The van der Waals surface area contributed by atoms with Crippen molar-refractivity contribution in [2.24, 2.45) is 0 Å². The summed E-state index contributed by atoms with van der Waals surface area (Å²) < 4.78 is 32.5. The lowest BCUT2D eigenvalue weighted by atomic mass is 10.1. The SMILES string of the molecule is CCCCCCCC/C=C/CCCCCCCC(=O)OCC(COP(=O)([O-])OCC[NH3+])OC(=O)CCCCCCC/C=C/CCCCCCCC. The zero-order valence-corrected chi connectivity index (χ0v) is 33.8. The number of unbranched alkanes of at least 4 members (excludes halogenated alkanes) is 22. The van der Waals surface area contributed by atoms with E-state index in [0.29, 0.717) is 6.42 Å². The highest BCUT2D eigenvalue weighted by Gasteiger charge is 2.21. The highest BCUT2D eigenvalue weighted by molar-refractivity contribution is 7.45. The highest BCUT2D eigenvalue weighted by Crippen LogP contribution is 2.38. The number of hydrogen-bond donors (Lipinski definition) is 1. The third-order valence-corrected chi connectivity index (χ3v) is 9.79. The molecule has 2 atom stereocenters. The van der Waals surface area contributed by atoms with Crippen LogP contribution in [-0.4, -0.2) is 44.4 Å². The van der Waals surface area contributed by atoms with Gasteiger partial charge in [0.25, 0.3) is 7.82 Å². The van der Waals surface area contributed by atoms with Crippen molar-refractivity contribution < 1.29 is 43.3 Å². The number of carbonyl (C=O) groups is 2. The molecule has 3 N–H and O–H groups in total. The molecular formula is C41H78NO8P. The van der Waals surface area contributed by atoms with E-state index in [2.05, 4.69) is 43.9 Å². The number of phosphoric acid groups is 1. The van der Waals surface area contributed by atoms with Crippen LogP contribution in [0.5, 0.6) is 0 Å². The Morgan fingerprint density at radius 3 is 1.39 bits per heavy atom. The number of esters is 2. The Balaban J connectivity index is 4.20. The fourth-order valence-corrected chi connectivity index (χ4v) is 6.46. The van der Waals surface area contributed by atoms with E-state index in [9.17, 15) is 19.0 Å². The number of quaternary nitrogens is 1. The first-order valence-corrected chi connectivity index (χ1v) is 22.3. The molecule has 0 spiro atoms. The maximum Gasteiger partial charge on any atom is 0.306 e. The number of ether oxygens (including phenoxy) is 2. The first-order valence-electron chi connectivity index (χ1n) is 20.9. The van der Waals surface area contributed by atoms with Crippen molar-refractivity contribution in [1.29, 1.82) is 0 Å². The summed E-state index contributed by atoms with van der Waals surface area (Å²) in [6, 6.07) is 0. The van der Waals surface area contributed by atoms with Gasteiger partial charge in [0.15, 0.2) is 6.10 Å². The lowest BCUT2D eigenvalue weighted by molar-refractivity contribution is -0.373. The molecule has 0 rings (SSSR count). The summed E-state index contributed by atoms with van der Waals surface area (Å²) >= 11 is 0. The van der Waals surface area contributed by atoms with E-state index in [1.807, 2.05) is 0 Å². The Morgan fingerprint density at radius 1 is 0.569 bits per heavy atom. The second-order valence-electron chi connectivity index (χ2n) is 13.9. The zero-order chi connectivity index (χ0) is 37.5. The minimum Gasteiger partial charge on any atom is -0.756 e. The number of carbonyl (C=O) groups excluding carboxylic acids is 2. The van der Waals surface area contributed by atoms with Crippen LogP contribution in [0.15, 0.2) is 24.3 Å². The van der Waals surface area contributed by atoms with Crippen LogP contribution in [0.25, 0.3) is 0 Å². The van der Waals surface area contributed by atoms with Gasteiger partial charge in [-0.15, -0.1) is 0 Å². The quantitative estimate of drug-likeness (QED) is 0.0284. The highest BCUT2D eigenvalue weighted by atomic mass is 31.2. The molecule has 0 radical (unpaired) electrons. The Kier molecular flexibility index (Phi) is 37.1. The van der Waals surface area contributed by atoms with Crippen LogP contribution in [0.2, 0.25) is 0 Å². The lowest BCUT2D eigenvalue weighted by Gasteiger charge is -2.25. The van der Waals surface area contributed by atoms with Gasteiger partial charge in [-0.3, -0.25) is 14.2 Å². The Morgan fingerprint density at radius 2 is 0.961 bits per heavy atom. The molecule has 300 valence electrons. The predicted octanol–water partition coefficient (Wildman–Crippen LogP) is 10.3. The van der Waals surface area contributed by atoms with Crippen molar-refractivity contribution in [3.8, 4) is 0 Å². The predicted molar refractivity (Wildman–Crippen MR) is 207 cm³/mol. The van der Waals surface area contributed by atoms with Gasteiger partial charge in [-0.05, 0) is 64.2 Å². The van der Waals surface area contributed by atoms with Crippen LogP contribution in [0.4, 0.5) is 0 Å². The molecule has 0 aromatic rings. The summed E-state index contributed by atoms with van der Waals surface area (Å²) in [6.07, 6.45) is 39.1. The first-order chi connectivity index (χ1) is 24.8. The van der Waals surface area contributed by atoms with Crippen molar-refractivity contribution in [2.75, 3.05) is 26.4 Å². The normalized spacial score (nSPS) is 13.6. The first kappa shape index (κ1) is 49.5. The van der Waals surface area contributed by atoms with E-state index in [0.717, 1.165) is 70.6 Å². The monoisotopic (exact) mass is 744 g/mol. The van der Waals surface area contributed by atoms with Crippen molar-refractivity contribution in [1.82, 2.24) is 0 Å². The van der Waals surface area contributed by atoms with Gasteiger partial charge in [0.2, 0.25) is 0 Å². The zero-order valence-electron chi connectivity index (χ0n) is 32.9. The Labute approximate surface area is 312 Å². The second kappa shape index (κ2) is 38.2. The molecule has 0 aliphatic rings. The van der Waals surface area contributed by atoms with E-state index in [1.54, 1.807) is 0 Å². The summed E-state index contributed by atoms with van der Waals surface area (Å²) in [5.74, 6) is -0.863. The molecule has 0 aliphatic carbocycles. The topological polar surface area (TPSA) is 139 Å². The maximum absolute atomic E-state index is 12.5. The number of rotatable bonds is 39. The third kappa shape index (κ3) is 38.0. The van der Waals surface area contributed by atoms with Gasteiger partial charge < -0.3 is 29.1 Å². The summed E-state index contributed by atoms with van der Waals surface area (Å²) in [5.41, 5.74) is 3.55. The lowest BCUT2D eigenvalue weighted by Crippen LogP contribution is -2.52. The minimum atomic E-state index is -4.58. The van der Waals surface area contributed by atoms with Crippen LogP contribution in [0, 0.1) is 0 Å². The molecule has 10 heteroatoms. The molecule has 0 aromatic heterocycles. The van der Waals surface area contributed by atoms with Gasteiger partial charge in [-0.25, -0.2) is 0 Å². The largest absolute Gasteiger partial charge is 0.756 e. The van der Waals surface area contributed by atoms with Gasteiger partial charge >= 0.3 is 11.9 Å². The summed E-state index contributed by atoms with van der Waals surface area (Å²) in [6.45, 7) is 3.91. The summed E-state index contributed by atoms with van der Waals surface area (Å²) in [4.78, 5) is 36.9. The molecule has 51 heavy (non-hydrogen) atoms. The van der Waals surface area contributed by atoms with Gasteiger partial charge in [0, 0.05) is 12.8 Å². The maximum atomic E-state index is 12.5. The van der Waals surface area contributed by atoms with E-state index >= 15 is 0 Å². The van der Waals surface area contributed by atoms with Gasteiger partial charge in [-0.2, -0.15) is 0 Å². The van der Waals surface area contributed by atoms with E-state index < -0.39 is 32.5 Å². The number of phosphoric ester groups is 1. The molecule has 2 unspecified atom stereocenters. The van der Waals surface area contributed by atoms with E-state index in [1.165, 1.54) is 89.9 Å². The van der Waals surface area contributed by atoms with Crippen molar-refractivity contribution in [3.63, 3.8) is 0 Å². The third-order valence-electron chi connectivity index (χ3n) is 8.83. The molecule has 0 fully saturated rings. The molecule has 0 heterocycles. The fourth-order valence-electron chi connectivity index (χ4n) is 5.69. The van der Waals surface area contributed by atoms with Crippen molar-refractivity contribution in [3.05, 3.63) is 24.3 Å². The van der Waals surface area contributed by atoms with E-state index in [4.69, 9.17) is 18.5 Å². The molecule has 0 saturated heterocycles. The summed E-state index contributed by atoms with van der Waals surface area (Å²) in [7, 11) is -4.58. The Hall–Kier alpha value is -1.51. The second-order valence-corrected chi connectivity index (χ2v) is 15.3. The number of allylic oxidation sites excluding steroid dienone is 4. The van der Waals surface area contributed by atoms with Crippen LogP contribution >= 0.6 is 7.82 Å². The molecule has 0 bridgehead atoms. The van der Waals surface area contributed by atoms with Crippen LogP contribution in [-0.2, 0) is 32.7 Å². The van der Waals surface area contributed by atoms with Crippen LogP contribution in [0.1, 0.15) is 194 Å².